The summed E-state index contributed by atoms with van der Waals surface area (Å²) in [4.78, 5) is 24.2. The van der Waals surface area contributed by atoms with E-state index in [4.69, 9.17) is 0 Å². The fraction of sp³-hybridized carbons (Fsp3) is 0.500. The minimum Gasteiger partial charge on any atom is -0.383 e. The number of rotatable bonds is 3. The molecule has 0 radical (unpaired) electrons. The number of carbonyl (C=O) groups is 1. The molecule has 1 saturated heterocycles. The first kappa shape index (κ1) is 17.0. The van der Waals surface area contributed by atoms with Gasteiger partial charge in [-0.15, -0.1) is 11.3 Å². The molecule has 3 rings (SSSR count). The van der Waals surface area contributed by atoms with Crippen LogP contribution in [0.2, 0.25) is 0 Å². The molecule has 0 atom stereocenters. The molecule has 3 heterocycles. The Labute approximate surface area is 146 Å². The van der Waals surface area contributed by atoms with Gasteiger partial charge in [0.25, 0.3) is 0 Å². The Hall–Kier alpha value is -1.79. The lowest BCUT2D eigenvalue weighted by atomic mass is 9.87. The number of aromatic nitrogens is 2. The quantitative estimate of drug-likeness (QED) is 0.928. The highest BCUT2D eigenvalue weighted by molar-refractivity contribution is 7.11. The highest BCUT2D eigenvalue weighted by Crippen LogP contribution is 2.32. The van der Waals surface area contributed by atoms with Crippen molar-refractivity contribution in [3.05, 3.63) is 45.2 Å². The number of hydrogen-bond acceptors (Lipinski definition) is 5. The zero-order valence-corrected chi connectivity index (χ0v) is 15.2. The van der Waals surface area contributed by atoms with E-state index < -0.39 is 5.60 Å². The van der Waals surface area contributed by atoms with Crippen molar-refractivity contribution >= 4 is 17.2 Å². The van der Waals surface area contributed by atoms with E-state index in [1.165, 1.54) is 0 Å². The Morgan fingerprint density at radius 2 is 2.00 bits per heavy atom. The van der Waals surface area contributed by atoms with E-state index in [0.717, 1.165) is 21.1 Å². The van der Waals surface area contributed by atoms with Gasteiger partial charge in [-0.05, 0) is 45.2 Å². The lowest BCUT2D eigenvalue weighted by Gasteiger charge is -2.37. The van der Waals surface area contributed by atoms with Crippen LogP contribution in [0.1, 0.15) is 39.7 Å². The largest absolute Gasteiger partial charge is 0.383 e. The fourth-order valence-electron chi connectivity index (χ4n) is 3.11. The molecule has 5 nitrogen and oxygen atoms in total. The SMILES string of the molecule is Cc1ccc(C2(O)CCN(C(=O)Cc3sc(C)nc3C)CC2)nc1. The van der Waals surface area contributed by atoms with E-state index >= 15 is 0 Å². The predicted octanol–water partition coefficient (Wildman–Crippen LogP) is 2.52. The minimum absolute atomic E-state index is 0.112. The summed E-state index contributed by atoms with van der Waals surface area (Å²) in [5, 5.41) is 11.9. The number of aliphatic hydroxyl groups is 1. The maximum atomic E-state index is 12.5. The average Bonchev–Trinajstić information content (AvgIpc) is 2.86. The van der Waals surface area contributed by atoms with Gasteiger partial charge in [-0.1, -0.05) is 6.07 Å². The smallest absolute Gasteiger partial charge is 0.227 e. The summed E-state index contributed by atoms with van der Waals surface area (Å²) < 4.78 is 0. The van der Waals surface area contributed by atoms with Gasteiger partial charge in [-0.2, -0.15) is 0 Å². The number of carbonyl (C=O) groups excluding carboxylic acids is 1. The second-order valence-electron chi connectivity index (χ2n) is 6.55. The number of aryl methyl sites for hydroxylation is 3. The Kier molecular flexibility index (Phi) is 4.69. The molecule has 0 spiro atoms. The van der Waals surface area contributed by atoms with Crippen molar-refractivity contribution in [2.24, 2.45) is 0 Å². The van der Waals surface area contributed by atoms with Crippen LogP contribution in [0.5, 0.6) is 0 Å². The van der Waals surface area contributed by atoms with Crippen molar-refractivity contribution in [2.75, 3.05) is 13.1 Å². The summed E-state index contributed by atoms with van der Waals surface area (Å²) >= 11 is 1.59. The number of likely N-dealkylation sites (tertiary alicyclic amines) is 1. The Morgan fingerprint density at radius 1 is 1.29 bits per heavy atom. The molecule has 2 aromatic rings. The van der Waals surface area contributed by atoms with Crippen molar-refractivity contribution < 1.29 is 9.90 Å². The molecule has 0 saturated carbocycles. The van der Waals surface area contributed by atoms with Gasteiger partial charge < -0.3 is 10.0 Å². The maximum absolute atomic E-state index is 12.5. The predicted molar refractivity (Wildman–Crippen MR) is 94.0 cm³/mol. The van der Waals surface area contributed by atoms with E-state index in [9.17, 15) is 9.90 Å². The molecule has 1 fully saturated rings. The molecule has 6 heteroatoms. The molecule has 1 amide bonds. The molecular weight excluding hydrogens is 322 g/mol. The third kappa shape index (κ3) is 3.49. The van der Waals surface area contributed by atoms with Crippen LogP contribution in [-0.2, 0) is 16.8 Å². The second kappa shape index (κ2) is 6.61. The molecule has 1 aliphatic rings. The Morgan fingerprint density at radius 3 is 2.54 bits per heavy atom. The Balaban J connectivity index is 1.63. The number of nitrogens with zero attached hydrogens (tertiary/aromatic N) is 3. The fourth-order valence-corrected chi connectivity index (χ4v) is 4.04. The highest BCUT2D eigenvalue weighted by atomic mass is 32.1. The van der Waals surface area contributed by atoms with Crippen LogP contribution in [0, 0.1) is 20.8 Å². The van der Waals surface area contributed by atoms with Crippen molar-refractivity contribution in [1.82, 2.24) is 14.9 Å². The van der Waals surface area contributed by atoms with Crippen LogP contribution in [0.4, 0.5) is 0 Å². The van der Waals surface area contributed by atoms with Crippen LogP contribution in [-0.4, -0.2) is 39.0 Å². The summed E-state index contributed by atoms with van der Waals surface area (Å²) in [5.41, 5.74) is 1.80. The van der Waals surface area contributed by atoms with E-state index in [-0.39, 0.29) is 5.91 Å². The first-order valence-corrected chi connectivity index (χ1v) is 9.05. The number of pyridine rings is 1. The molecule has 128 valence electrons. The summed E-state index contributed by atoms with van der Waals surface area (Å²) in [7, 11) is 0. The van der Waals surface area contributed by atoms with E-state index in [1.54, 1.807) is 17.5 Å². The zero-order valence-electron chi connectivity index (χ0n) is 14.4. The standard InChI is InChI=1S/C18H23N3O2S/c1-12-4-5-16(19-11-12)18(23)6-8-21(9-7-18)17(22)10-15-13(2)20-14(3)24-15/h4-5,11,23H,6-10H2,1-3H3. The Bertz CT molecular complexity index is 731. The van der Waals surface area contributed by atoms with Gasteiger partial charge in [-0.25, -0.2) is 4.98 Å². The number of thiazole rings is 1. The average molecular weight is 345 g/mol. The van der Waals surface area contributed by atoms with Crippen LogP contribution < -0.4 is 0 Å². The van der Waals surface area contributed by atoms with Crippen molar-refractivity contribution in [2.45, 2.75) is 45.6 Å². The number of hydrogen-bond donors (Lipinski definition) is 1. The zero-order chi connectivity index (χ0) is 17.3. The summed E-state index contributed by atoms with van der Waals surface area (Å²) in [6, 6.07) is 3.85. The van der Waals surface area contributed by atoms with Crippen molar-refractivity contribution in [3.63, 3.8) is 0 Å². The number of piperidine rings is 1. The van der Waals surface area contributed by atoms with Crippen LogP contribution >= 0.6 is 11.3 Å². The summed E-state index contributed by atoms with van der Waals surface area (Å²) in [6.07, 6.45) is 3.23. The molecule has 0 aliphatic carbocycles. The van der Waals surface area contributed by atoms with E-state index in [2.05, 4.69) is 9.97 Å². The number of amides is 1. The van der Waals surface area contributed by atoms with Crippen LogP contribution in [0.3, 0.4) is 0 Å². The second-order valence-corrected chi connectivity index (χ2v) is 7.84. The highest BCUT2D eigenvalue weighted by Gasteiger charge is 2.36. The third-order valence-electron chi connectivity index (χ3n) is 4.64. The summed E-state index contributed by atoms with van der Waals surface area (Å²) in [5.74, 6) is 0.112. The normalized spacial score (nSPS) is 17.1. The molecule has 1 N–H and O–H groups in total. The third-order valence-corrected chi connectivity index (χ3v) is 5.72. The van der Waals surface area contributed by atoms with E-state index in [1.807, 2.05) is 37.8 Å². The van der Waals surface area contributed by atoms with Gasteiger partial charge in [0, 0.05) is 24.2 Å². The van der Waals surface area contributed by atoms with Crippen molar-refractivity contribution in [1.29, 1.82) is 0 Å². The van der Waals surface area contributed by atoms with Gasteiger partial charge in [0.2, 0.25) is 5.91 Å². The molecule has 24 heavy (non-hydrogen) atoms. The van der Waals surface area contributed by atoms with Gasteiger partial charge in [-0.3, -0.25) is 9.78 Å². The molecule has 0 aromatic carbocycles. The monoisotopic (exact) mass is 345 g/mol. The minimum atomic E-state index is -0.929. The first-order valence-electron chi connectivity index (χ1n) is 8.23. The van der Waals surface area contributed by atoms with Crippen LogP contribution in [0.25, 0.3) is 0 Å². The lowest BCUT2D eigenvalue weighted by Crippen LogP contribution is -2.46. The lowest BCUT2D eigenvalue weighted by molar-refractivity contribution is -0.135. The molecule has 0 bridgehead atoms. The maximum Gasteiger partial charge on any atom is 0.227 e. The molecule has 1 aliphatic heterocycles. The van der Waals surface area contributed by atoms with Gasteiger partial charge >= 0.3 is 0 Å². The van der Waals surface area contributed by atoms with Crippen molar-refractivity contribution in [3.8, 4) is 0 Å². The molecular formula is C18H23N3O2S. The topological polar surface area (TPSA) is 66.3 Å². The van der Waals surface area contributed by atoms with Crippen LogP contribution in [0.15, 0.2) is 18.3 Å². The van der Waals surface area contributed by atoms with Gasteiger partial charge in [0.1, 0.15) is 5.60 Å². The molecule has 2 aromatic heterocycles. The molecule has 0 unspecified atom stereocenters. The van der Waals surface area contributed by atoms with Gasteiger partial charge in [0.05, 0.1) is 22.8 Å². The summed E-state index contributed by atoms with van der Waals surface area (Å²) in [6.45, 7) is 7.00. The van der Waals surface area contributed by atoms with E-state index in [0.29, 0.717) is 38.0 Å². The first-order chi connectivity index (χ1) is 11.4. The van der Waals surface area contributed by atoms with Gasteiger partial charge in [0.15, 0.2) is 0 Å².